The van der Waals surface area contributed by atoms with Gasteiger partial charge in [-0.05, 0) is 85.8 Å². The molecule has 0 unspecified atom stereocenters. The van der Waals surface area contributed by atoms with E-state index in [0.717, 1.165) is 83.2 Å². The topological polar surface area (TPSA) is 56.7 Å². The number of aromatic nitrogens is 4. The number of furan rings is 1. The Hall–Kier alpha value is -9.45. The Morgan fingerprint density at radius 1 is 0.286 bits per heavy atom. The third-order valence-corrected chi connectivity index (χ3v) is 13.8. The number of rotatable bonds is 7. The van der Waals surface area contributed by atoms with E-state index >= 15 is 0 Å². The molecule has 14 rings (SSSR count). The minimum Gasteiger partial charge on any atom is -0.456 e. The molecule has 0 bridgehead atoms. The molecule has 0 fully saturated rings. The van der Waals surface area contributed by atoms with Crippen molar-refractivity contribution in [1.82, 2.24) is 19.5 Å². The second-order valence-corrected chi connectivity index (χ2v) is 17.9. The number of nitrogens with zero attached hydrogens (tertiary/aromatic N) is 4. The quantitative estimate of drug-likeness (QED) is 0.160. The fourth-order valence-corrected chi connectivity index (χ4v) is 10.5. The zero-order valence-corrected chi connectivity index (χ0v) is 37.8. The van der Waals surface area contributed by atoms with E-state index in [-0.39, 0.29) is 0 Å². The maximum absolute atomic E-state index is 6.97. The lowest BCUT2D eigenvalue weighted by Crippen LogP contribution is -2.01. The van der Waals surface area contributed by atoms with Crippen LogP contribution in [-0.4, -0.2) is 19.5 Å². The highest BCUT2D eigenvalue weighted by atomic mass is 16.3. The van der Waals surface area contributed by atoms with Crippen LogP contribution in [0.1, 0.15) is 0 Å². The smallest absolute Gasteiger partial charge is 0.164 e. The largest absolute Gasteiger partial charge is 0.456 e. The standard InChI is InChI=1S/C65H40N4O/c1-3-17-43(18-4-1)50-24-11-12-26-52(50)64-66-63(45-19-5-2-6-20-45)67-65(68-64)53-27-15-29-60-62(53)56-39-54(44-33-30-42(31-34-44)49-35-32-41-16-7-8-21-46(41)36-49)59(40-61(56)70-60)69-57-28-14-13-25-51(57)55-37-47-22-9-10-23-48(47)38-58(55)69/h1-40H. The third kappa shape index (κ3) is 6.59. The second kappa shape index (κ2) is 16.1. The van der Waals surface area contributed by atoms with Gasteiger partial charge in [-0.3, -0.25) is 0 Å². The summed E-state index contributed by atoms with van der Waals surface area (Å²) in [6, 6.07) is 85.9. The monoisotopic (exact) mass is 892 g/mol. The van der Waals surface area contributed by atoms with Crippen LogP contribution in [-0.2, 0) is 0 Å². The predicted octanol–water partition coefficient (Wildman–Crippen LogP) is 17.2. The van der Waals surface area contributed by atoms with Crippen molar-refractivity contribution in [2.45, 2.75) is 0 Å². The van der Waals surface area contributed by atoms with Crippen LogP contribution in [0.2, 0.25) is 0 Å². The summed E-state index contributed by atoms with van der Waals surface area (Å²) >= 11 is 0. The summed E-state index contributed by atoms with van der Waals surface area (Å²) in [5, 5.41) is 9.17. The third-order valence-electron chi connectivity index (χ3n) is 13.8. The molecule has 3 aromatic heterocycles. The highest BCUT2D eigenvalue weighted by Crippen LogP contribution is 2.44. The first kappa shape index (κ1) is 39.7. The molecule has 70 heavy (non-hydrogen) atoms. The Kier molecular flexibility index (Phi) is 9.14. The van der Waals surface area contributed by atoms with Gasteiger partial charge in [0.25, 0.3) is 0 Å². The number of benzene rings is 11. The normalized spacial score (nSPS) is 11.7. The van der Waals surface area contributed by atoms with Gasteiger partial charge in [0.15, 0.2) is 17.5 Å². The fraction of sp³-hybridized carbons (Fsp3) is 0. The van der Waals surface area contributed by atoms with Crippen LogP contribution in [0.25, 0.3) is 139 Å². The summed E-state index contributed by atoms with van der Waals surface area (Å²) in [4.78, 5) is 15.8. The Morgan fingerprint density at radius 2 is 0.857 bits per heavy atom. The maximum Gasteiger partial charge on any atom is 0.164 e. The molecule has 11 aromatic carbocycles. The van der Waals surface area contributed by atoms with Gasteiger partial charge in [-0.15, -0.1) is 0 Å². The molecule has 0 spiro atoms. The molecular formula is C65H40N4O. The minimum absolute atomic E-state index is 0.569. The molecule has 0 aliphatic carbocycles. The van der Waals surface area contributed by atoms with Gasteiger partial charge in [0.1, 0.15) is 11.2 Å². The van der Waals surface area contributed by atoms with Gasteiger partial charge >= 0.3 is 0 Å². The van der Waals surface area contributed by atoms with Gasteiger partial charge in [-0.1, -0.05) is 200 Å². The average Bonchev–Trinajstić information content (AvgIpc) is 3.97. The molecule has 5 heteroatoms. The molecule has 14 aromatic rings. The minimum atomic E-state index is 0.569. The summed E-state index contributed by atoms with van der Waals surface area (Å²) in [5.74, 6) is 1.77. The van der Waals surface area contributed by atoms with E-state index < -0.39 is 0 Å². The summed E-state index contributed by atoms with van der Waals surface area (Å²) in [6.07, 6.45) is 0. The number of para-hydroxylation sites is 1. The lowest BCUT2D eigenvalue weighted by atomic mass is 9.95. The molecule has 0 amide bonds. The number of fused-ring (bicyclic) bond motifs is 8. The van der Waals surface area contributed by atoms with Crippen LogP contribution in [0.5, 0.6) is 0 Å². The van der Waals surface area contributed by atoms with Crippen molar-refractivity contribution in [3.8, 4) is 73.2 Å². The van der Waals surface area contributed by atoms with Gasteiger partial charge in [0.2, 0.25) is 0 Å². The summed E-state index contributed by atoms with van der Waals surface area (Å²) < 4.78 is 9.40. The first-order valence-corrected chi connectivity index (χ1v) is 23.7. The predicted molar refractivity (Wildman–Crippen MR) is 289 cm³/mol. The van der Waals surface area contributed by atoms with Crippen LogP contribution in [0.15, 0.2) is 247 Å². The van der Waals surface area contributed by atoms with Crippen molar-refractivity contribution in [3.63, 3.8) is 0 Å². The van der Waals surface area contributed by atoms with Crippen LogP contribution in [0.3, 0.4) is 0 Å². The van der Waals surface area contributed by atoms with Crippen molar-refractivity contribution in [3.05, 3.63) is 243 Å². The summed E-state index contributed by atoms with van der Waals surface area (Å²) in [6.45, 7) is 0. The van der Waals surface area contributed by atoms with Crippen molar-refractivity contribution in [2.24, 2.45) is 0 Å². The van der Waals surface area contributed by atoms with E-state index in [1.54, 1.807) is 0 Å². The van der Waals surface area contributed by atoms with Crippen molar-refractivity contribution in [2.75, 3.05) is 0 Å². The molecule has 0 aliphatic rings. The Balaban J connectivity index is 1.02. The van der Waals surface area contributed by atoms with Crippen molar-refractivity contribution in [1.29, 1.82) is 0 Å². The van der Waals surface area contributed by atoms with E-state index in [9.17, 15) is 0 Å². The van der Waals surface area contributed by atoms with Gasteiger partial charge < -0.3 is 8.98 Å². The average molecular weight is 893 g/mol. The van der Waals surface area contributed by atoms with E-state index in [2.05, 4.69) is 205 Å². The molecule has 0 saturated heterocycles. The number of hydrogen-bond acceptors (Lipinski definition) is 4. The lowest BCUT2D eigenvalue weighted by Gasteiger charge is -2.16. The first-order chi connectivity index (χ1) is 34.7. The molecule has 0 radical (unpaired) electrons. The van der Waals surface area contributed by atoms with Crippen molar-refractivity contribution < 1.29 is 4.42 Å². The van der Waals surface area contributed by atoms with Crippen LogP contribution in [0.4, 0.5) is 0 Å². The molecule has 0 atom stereocenters. The first-order valence-electron chi connectivity index (χ1n) is 23.7. The van der Waals surface area contributed by atoms with Gasteiger partial charge in [-0.2, -0.15) is 0 Å². The van der Waals surface area contributed by atoms with E-state index in [1.807, 2.05) is 42.5 Å². The van der Waals surface area contributed by atoms with Crippen molar-refractivity contribution >= 4 is 65.3 Å². The Morgan fingerprint density at radius 3 is 1.64 bits per heavy atom. The molecule has 0 N–H and O–H groups in total. The highest BCUT2D eigenvalue weighted by molar-refractivity contribution is 6.16. The van der Waals surface area contributed by atoms with E-state index in [4.69, 9.17) is 19.4 Å². The summed E-state index contributed by atoms with van der Waals surface area (Å²) in [7, 11) is 0. The zero-order chi connectivity index (χ0) is 46.1. The molecule has 326 valence electrons. The zero-order valence-electron chi connectivity index (χ0n) is 37.8. The Bertz CT molecular complexity index is 4340. The number of hydrogen-bond donors (Lipinski definition) is 0. The van der Waals surface area contributed by atoms with Gasteiger partial charge in [0, 0.05) is 49.9 Å². The summed E-state index contributed by atoms with van der Waals surface area (Å²) in [5.41, 5.74) is 14.1. The molecule has 5 nitrogen and oxygen atoms in total. The van der Waals surface area contributed by atoms with Gasteiger partial charge in [0.05, 0.1) is 16.7 Å². The lowest BCUT2D eigenvalue weighted by molar-refractivity contribution is 0.668. The van der Waals surface area contributed by atoms with Crippen LogP contribution >= 0.6 is 0 Å². The maximum atomic E-state index is 6.97. The van der Waals surface area contributed by atoms with Crippen LogP contribution < -0.4 is 0 Å². The van der Waals surface area contributed by atoms with E-state index in [0.29, 0.717) is 17.5 Å². The highest BCUT2D eigenvalue weighted by Gasteiger charge is 2.23. The molecule has 0 saturated carbocycles. The SMILES string of the molecule is c1ccc(-c2nc(-c3ccccc3-c3ccccc3)nc(-c3cccc4oc5cc(-n6c7ccccc7c7cc8ccccc8cc76)c(-c6ccc(-c7ccc8ccccc8c7)cc6)cc5c34)n2)cc1. The fourth-order valence-electron chi connectivity index (χ4n) is 10.5. The molecule has 3 heterocycles. The van der Waals surface area contributed by atoms with Gasteiger partial charge in [-0.25, -0.2) is 15.0 Å². The molecular weight excluding hydrogens is 853 g/mol. The van der Waals surface area contributed by atoms with E-state index in [1.165, 1.54) is 37.9 Å². The molecule has 0 aliphatic heterocycles. The van der Waals surface area contributed by atoms with Crippen LogP contribution in [0, 0.1) is 0 Å². The Labute approximate surface area is 403 Å². The second-order valence-electron chi connectivity index (χ2n) is 17.9.